The second-order valence-electron chi connectivity index (χ2n) is 6.54. The number of rotatable bonds is 3. The number of nitrogens with zero attached hydrogens (tertiary/aromatic N) is 2. The minimum atomic E-state index is -0.317. The van der Waals surface area contributed by atoms with E-state index >= 15 is 0 Å². The number of H-pyrrole nitrogens is 1. The van der Waals surface area contributed by atoms with Gasteiger partial charge in [-0.25, -0.2) is 4.98 Å². The van der Waals surface area contributed by atoms with Crippen LogP contribution in [0.2, 0.25) is 0 Å². The van der Waals surface area contributed by atoms with Gasteiger partial charge in [0.25, 0.3) is 5.56 Å². The molecular weight excluding hydrogens is 328 g/mol. The number of amides is 1. The van der Waals surface area contributed by atoms with Gasteiger partial charge in [-0.2, -0.15) is 0 Å². The third-order valence-corrected chi connectivity index (χ3v) is 4.92. The normalized spacial score (nSPS) is 17.0. The molecule has 0 bridgehead atoms. The zero-order valence-electron chi connectivity index (χ0n) is 14.5. The highest BCUT2D eigenvalue weighted by Crippen LogP contribution is 2.24. The Kier molecular flexibility index (Phi) is 4.26. The maximum absolute atomic E-state index is 12.5. The zero-order chi connectivity index (χ0) is 18.1. The smallest absolute Gasteiger partial charge is 0.271 e. The number of aromatic amines is 1. The molecule has 0 spiro atoms. The minimum absolute atomic E-state index is 0.0447. The van der Waals surface area contributed by atoms with E-state index in [9.17, 15) is 9.59 Å². The van der Waals surface area contributed by atoms with Gasteiger partial charge in [-0.05, 0) is 29.7 Å². The van der Waals surface area contributed by atoms with Crippen LogP contribution in [0.25, 0.3) is 11.0 Å². The van der Waals surface area contributed by atoms with Gasteiger partial charge in [0.1, 0.15) is 5.69 Å². The number of carbonyl (C=O) groups is 1. The third-order valence-electron chi connectivity index (χ3n) is 4.92. The van der Waals surface area contributed by atoms with E-state index in [1.807, 2.05) is 41.3 Å². The van der Waals surface area contributed by atoms with Crippen molar-refractivity contribution in [2.24, 2.45) is 0 Å². The highest BCUT2D eigenvalue weighted by atomic mass is 16.2. The molecule has 0 fully saturated rings. The number of nitrogens with one attached hydrogen (secondary N) is 2. The first-order valence-electron chi connectivity index (χ1n) is 8.66. The monoisotopic (exact) mass is 348 g/mol. The van der Waals surface area contributed by atoms with Gasteiger partial charge in [-0.1, -0.05) is 36.4 Å². The quantitative estimate of drug-likeness (QED) is 0.754. The first kappa shape index (κ1) is 16.5. The number of fused-ring (bicyclic) bond motifs is 2. The summed E-state index contributed by atoms with van der Waals surface area (Å²) in [4.78, 5) is 34.3. The average Bonchev–Trinajstić information content (AvgIpc) is 2.67. The van der Waals surface area contributed by atoms with E-state index in [1.165, 1.54) is 11.1 Å². The lowest BCUT2D eigenvalue weighted by Crippen LogP contribution is -2.49. The fourth-order valence-electron chi connectivity index (χ4n) is 3.54. The lowest BCUT2D eigenvalue weighted by Gasteiger charge is -2.35. The molecule has 1 aromatic heterocycles. The molecule has 4 rings (SSSR count). The van der Waals surface area contributed by atoms with Crippen molar-refractivity contribution in [3.63, 3.8) is 0 Å². The fraction of sp³-hybridized carbons (Fsp3) is 0.250. The standard InChI is InChI=1S/C20H20N4O2/c1-21-20(26)18-10-13-6-2-3-7-14(13)11-24(18)12-17-19(25)23-16-9-5-4-8-15(16)22-17/h2-9,18H,10-12H2,1H3,(H,21,26)(H,23,25)/t18-/m0/s1. The van der Waals surface area contributed by atoms with Gasteiger partial charge in [0, 0.05) is 20.1 Å². The maximum atomic E-state index is 12.5. The predicted octanol–water partition coefficient (Wildman–Crippen LogP) is 1.60. The Balaban J connectivity index is 1.70. The van der Waals surface area contributed by atoms with Gasteiger partial charge in [-0.15, -0.1) is 0 Å². The van der Waals surface area contributed by atoms with Crippen molar-refractivity contribution in [3.05, 3.63) is 75.7 Å². The van der Waals surface area contributed by atoms with Gasteiger partial charge >= 0.3 is 0 Å². The number of para-hydroxylation sites is 2. The molecule has 26 heavy (non-hydrogen) atoms. The van der Waals surface area contributed by atoms with E-state index < -0.39 is 0 Å². The van der Waals surface area contributed by atoms with Gasteiger partial charge in [0.2, 0.25) is 5.91 Å². The van der Waals surface area contributed by atoms with Crippen molar-refractivity contribution >= 4 is 16.9 Å². The number of aromatic nitrogens is 2. The summed E-state index contributed by atoms with van der Waals surface area (Å²) in [6, 6.07) is 15.3. The van der Waals surface area contributed by atoms with E-state index in [2.05, 4.69) is 27.4 Å². The van der Waals surface area contributed by atoms with Crippen LogP contribution in [0.15, 0.2) is 53.3 Å². The first-order chi connectivity index (χ1) is 12.7. The summed E-state index contributed by atoms with van der Waals surface area (Å²) in [5, 5.41) is 2.74. The topological polar surface area (TPSA) is 78.1 Å². The van der Waals surface area contributed by atoms with Crippen LogP contribution in [0, 0.1) is 0 Å². The van der Waals surface area contributed by atoms with E-state index in [4.69, 9.17) is 0 Å². The Morgan fingerprint density at radius 1 is 1.19 bits per heavy atom. The Morgan fingerprint density at radius 3 is 2.73 bits per heavy atom. The van der Waals surface area contributed by atoms with Crippen molar-refractivity contribution in [1.29, 1.82) is 0 Å². The molecule has 2 heterocycles. The maximum Gasteiger partial charge on any atom is 0.271 e. The summed E-state index contributed by atoms with van der Waals surface area (Å²) in [6.45, 7) is 0.939. The Morgan fingerprint density at radius 2 is 1.92 bits per heavy atom. The van der Waals surface area contributed by atoms with Crippen LogP contribution >= 0.6 is 0 Å². The summed E-state index contributed by atoms with van der Waals surface area (Å²) in [6.07, 6.45) is 0.626. The molecule has 1 aliphatic heterocycles. The molecule has 2 N–H and O–H groups in total. The largest absolute Gasteiger partial charge is 0.358 e. The van der Waals surface area contributed by atoms with Gasteiger partial charge in [0.05, 0.1) is 17.1 Å². The van der Waals surface area contributed by atoms with Crippen LogP contribution in [-0.2, 0) is 24.3 Å². The highest BCUT2D eigenvalue weighted by molar-refractivity contribution is 5.82. The first-order valence-corrected chi connectivity index (χ1v) is 8.66. The van der Waals surface area contributed by atoms with Gasteiger partial charge in [-0.3, -0.25) is 14.5 Å². The molecule has 6 nitrogen and oxygen atoms in total. The molecule has 132 valence electrons. The van der Waals surface area contributed by atoms with Crippen molar-refractivity contribution in [1.82, 2.24) is 20.2 Å². The fourth-order valence-corrected chi connectivity index (χ4v) is 3.54. The molecule has 1 amide bonds. The second kappa shape index (κ2) is 6.72. The Labute approximate surface area is 150 Å². The van der Waals surface area contributed by atoms with Crippen LogP contribution in [0.3, 0.4) is 0 Å². The number of benzene rings is 2. The molecule has 1 aliphatic rings. The average molecular weight is 348 g/mol. The lowest BCUT2D eigenvalue weighted by atomic mass is 9.93. The van der Waals surface area contributed by atoms with Crippen molar-refractivity contribution in [2.45, 2.75) is 25.6 Å². The molecule has 0 unspecified atom stereocenters. The van der Waals surface area contributed by atoms with Crippen LogP contribution in [-0.4, -0.2) is 33.9 Å². The lowest BCUT2D eigenvalue weighted by molar-refractivity contribution is -0.126. The van der Waals surface area contributed by atoms with Crippen molar-refractivity contribution in [2.75, 3.05) is 7.05 Å². The van der Waals surface area contributed by atoms with Crippen LogP contribution in [0.1, 0.15) is 16.8 Å². The summed E-state index contributed by atoms with van der Waals surface area (Å²) in [7, 11) is 1.64. The molecule has 0 radical (unpaired) electrons. The van der Waals surface area contributed by atoms with Gasteiger partial charge < -0.3 is 10.3 Å². The van der Waals surface area contributed by atoms with E-state index in [-0.39, 0.29) is 17.5 Å². The minimum Gasteiger partial charge on any atom is -0.358 e. The number of likely N-dealkylation sites (N-methyl/N-ethyl adjacent to an activating group) is 1. The SMILES string of the molecule is CNC(=O)[C@@H]1Cc2ccccc2CN1Cc1nc2ccccc2[nH]c1=O. The van der Waals surface area contributed by atoms with Crippen LogP contribution in [0.4, 0.5) is 0 Å². The summed E-state index contributed by atoms with van der Waals surface area (Å²) < 4.78 is 0. The van der Waals surface area contributed by atoms with E-state index in [0.717, 1.165) is 5.52 Å². The Bertz CT molecular complexity index is 1030. The van der Waals surface area contributed by atoms with E-state index in [1.54, 1.807) is 7.05 Å². The van der Waals surface area contributed by atoms with Crippen LogP contribution < -0.4 is 10.9 Å². The molecular formula is C20H20N4O2. The number of hydrogen-bond donors (Lipinski definition) is 2. The number of carbonyl (C=O) groups excluding carboxylic acids is 1. The molecule has 0 saturated carbocycles. The molecule has 2 aromatic carbocycles. The second-order valence-corrected chi connectivity index (χ2v) is 6.54. The molecule has 0 saturated heterocycles. The molecule has 3 aromatic rings. The summed E-state index contributed by atoms with van der Waals surface area (Å²) in [5.74, 6) is -0.0447. The zero-order valence-corrected chi connectivity index (χ0v) is 14.5. The van der Waals surface area contributed by atoms with E-state index in [0.29, 0.717) is 30.7 Å². The van der Waals surface area contributed by atoms with Crippen LogP contribution in [0.5, 0.6) is 0 Å². The number of hydrogen-bond acceptors (Lipinski definition) is 4. The van der Waals surface area contributed by atoms with Crippen molar-refractivity contribution in [3.8, 4) is 0 Å². The highest BCUT2D eigenvalue weighted by Gasteiger charge is 2.31. The third kappa shape index (κ3) is 2.99. The predicted molar refractivity (Wildman–Crippen MR) is 99.6 cm³/mol. The van der Waals surface area contributed by atoms with Crippen molar-refractivity contribution < 1.29 is 4.79 Å². The molecule has 0 aliphatic carbocycles. The molecule has 1 atom stereocenters. The van der Waals surface area contributed by atoms with Gasteiger partial charge in [0.15, 0.2) is 0 Å². The summed E-state index contributed by atoms with van der Waals surface area (Å²) in [5.41, 5.74) is 4.04. The summed E-state index contributed by atoms with van der Waals surface area (Å²) >= 11 is 0. The molecule has 6 heteroatoms. The Hall–Kier alpha value is -2.99.